The zero-order valence-corrected chi connectivity index (χ0v) is 19.4. The Balaban J connectivity index is 1.31. The summed E-state index contributed by atoms with van der Waals surface area (Å²) in [6, 6.07) is 15.8. The minimum Gasteiger partial charge on any atom is -0.494 e. The third-order valence-corrected chi connectivity index (χ3v) is 6.34. The standard InChI is InChI=1S/C25H29ClN4O2/c1-3-32-21-12-10-19(11-13-21)8-9-20-14-16-29(17-15-20)25(31)24-27-18(2)30(28-24)23-7-5-4-6-22(23)26/h4-7,10-13,20H,3,8-9,14-17H2,1-2H3. The molecule has 1 aliphatic rings. The molecule has 2 heterocycles. The van der Waals surface area contributed by atoms with E-state index in [0.29, 0.717) is 23.4 Å². The Morgan fingerprint density at radius 3 is 2.53 bits per heavy atom. The Morgan fingerprint density at radius 1 is 1.12 bits per heavy atom. The van der Waals surface area contributed by atoms with E-state index in [9.17, 15) is 4.79 Å². The van der Waals surface area contributed by atoms with Crippen molar-refractivity contribution in [1.29, 1.82) is 0 Å². The van der Waals surface area contributed by atoms with E-state index in [2.05, 4.69) is 22.2 Å². The molecule has 1 aromatic heterocycles. The molecule has 4 rings (SSSR count). The van der Waals surface area contributed by atoms with Crippen LogP contribution >= 0.6 is 11.6 Å². The number of piperidine rings is 1. The Bertz CT molecular complexity index is 1060. The predicted molar refractivity (Wildman–Crippen MR) is 126 cm³/mol. The van der Waals surface area contributed by atoms with Crippen molar-refractivity contribution >= 4 is 17.5 Å². The second kappa shape index (κ2) is 10.2. The predicted octanol–water partition coefficient (Wildman–Crippen LogP) is 5.11. The molecule has 0 bridgehead atoms. The number of ether oxygens (including phenoxy) is 1. The number of para-hydroxylation sites is 1. The second-order valence-corrected chi connectivity index (χ2v) is 8.60. The van der Waals surface area contributed by atoms with E-state index in [-0.39, 0.29) is 11.7 Å². The number of rotatable bonds is 7. The largest absolute Gasteiger partial charge is 0.494 e. The summed E-state index contributed by atoms with van der Waals surface area (Å²) in [5, 5.41) is 5.03. The highest BCUT2D eigenvalue weighted by Crippen LogP contribution is 2.25. The van der Waals surface area contributed by atoms with Crippen molar-refractivity contribution < 1.29 is 9.53 Å². The van der Waals surface area contributed by atoms with Crippen LogP contribution in [0.5, 0.6) is 5.75 Å². The van der Waals surface area contributed by atoms with Gasteiger partial charge in [-0.2, -0.15) is 0 Å². The normalized spacial score (nSPS) is 14.5. The number of aromatic nitrogens is 3. The molecule has 0 N–H and O–H groups in total. The summed E-state index contributed by atoms with van der Waals surface area (Å²) in [7, 11) is 0. The van der Waals surface area contributed by atoms with Crippen LogP contribution in [0.4, 0.5) is 0 Å². The smallest absolute Gasteiger partial charge is 0.293 e. The molecule has 32 heavy (non-hydrogen) atoms. The Labute approximate surface area is 194 Å². The fraction of sp³-hybridized carbons (Fsp3) is 0.400. The van der Waals surface area contributed by atoms with Gasteiger partial charge in [-0.25, -0.2) is 9.67 Å². The van der Waals surface area contributed by atoms with Crippen LogP contribution in [-0.2, 0) is 6.42 Å². The van der Waals surface area contributed by atoms with Crippen LogP contribution in [0.25, 0.3) is 5.69 Å². The zero-order chi connectivity index (χ0) is 22.5. The van der Waals surface area contributed by atoms with Crippen LogP contribution in [-0.4, -0.2) is 45.3 Å². The average molecular weight is 453 g/mol. The number of likely N-dealkylation sites (tertiary alicyclic amines) is 1. The number of aryl methyl sites for hydroxylation is 2. The maximum absolute atomic E-state index is 13.0. The van der Waals surface area contributed by atoms with Crippen LogP contribution < -0.4 is 4.74 Å². The third-order valence-electron chi connectivity index (χ3n) is 6.02. The number of hydrogen-bond acceptors (Lipinski definition) is 4. The lowest BCUT2D eigenvalue weighted by atomic mass is 9.90. The highest BCUT2D eigenvalue weighted by molar-refractivity contribution is 6.32. The number of benzene rings is 2. The molecule has 0 atom stereocenters. The molecule has 168 valence electrons. The number of halogens is 1. The summed E-state index contributed by atoms with van der Waals surface area (Å²) < 4.78 is 7.15. The van der Waals surface area contributed by atoms with Gasteiger partial charge in [0.15, 0.2) is 0 Å². The lowest BCUT2D eigenvalue weighted by Crippen LogP contribution is -2.39. The van der Waals surface area contributed by atoms with Crippen LogP contribution in [0.3, 0.4) is 0 Å². The number of nitrogens with zero attached hydrogens (tertiary/aromatic N) is 4. The molecule has 0 unspecified atom stereocenters. The van der Waals surface area contributed by atoms with Crippen molar-refractivity contribution in [1.82, 2.24) is 19.7 Å². The van der Waals surface area contributed by atoms with Crippen molar-refractivity contribution in [3.05, 3.63) is 70.8 Å². The molecule has 1 saturated heterocycles. The lowest BCUT2D eigenvalue weighted by molar-refractivity contribution is 0.0674. The van der Waals surface area contributed by atoms with Gasteiger partial charge >= 0.3 is 0 Å². The Kier molecular flexibility index (Phi) is 7.10. The third kappa shape index (κ3) is 5.13. The van der Waals surface area contributed by atoms with Crippen LogP contribution in [0.2, 0.25) is 5.02 Å². The van der Waals surface area contributed by atoms with Gasteiger partial charge in [-0.05, 0) is 75.3 Å². The molecule has 6 nitrogen and oxygen atoms in total. The highest BCUT2D eigenvalue weighted by atomic mass is 35.5. The van der Waals surface area contributed by atoms with Crippen LogP contribution in [0.15, 0.2) is 48.5 Å². The monoisotopic (exact) mass is 452 g/mol. The molecule has 0 spiro atoms. The fourth-order valence-corrected chi connectivity index (χ4v) is 4.40. The van der Waals surface area contributed by atoms with Crippen molar-refractivity contribution in [3.63, 3.8) is 0 Å². The van der Waals surface area contributed by atoms with Crippen molar-refractivity contribution in [2.45, 2.75) is 39.5 Å². The summed E-state index contributed by atoms with van der Waals surface area (Å²) in [6.45, 7) is 6.00. The van der Waals surface area contributed by atoms with E-state index in [1.54, 1.807) is 10.7 Å². The van der Waals surface area contributed by atoms with E-state index in [4.69, 9.17) is 16.3 Å². The van der Waals surface area contributed by atoms with Gasteiger partial charge in [-0.15, -0.1) is 5.10 Å². The van der Waals surface area contributed by atoms with Crippen LogP contribution in [0, 0.1) is 12.8 Å². The number of carbonyl (C=O) groups is 1. The summed E-state index contributed by atoms with van der Waals surface area (Å²) in [5.74, 6) is 2.32. The van der Waals surface area contributed by atoms with E-state index >= 15 is 0 Å². The molecular formula is C25H29ClN4O2. The van der Waals surface area contributed by atoms with Gasteiger partial charge in [0, 0.05) is 13.1 Å². The van der Waals surface area contributed by atoms with E-state index in [1.165, 1.54) is 5.56 Å². The van der Waals surface area contributed by atoms with E-state index < -0.39 is 0 Å². The van der Waals surface area contributed by atoms with Gasteiger partial charge in [0.1, 0.15) is 11.6 Å². The van der Waals surface area contributed by atoms with Gasteiger partial charge in [-0.3, -0.25) is 4.79 Å². The van der Waals surface area contributed by atoms with Gasteiger partial charge in [0.25, 0.3) is 5.91 Å². The van der Waals surface area contributed by atoms with Crippen LogP contribution in [0.1, 0.15) is 48.2 Å². The Hall–Kier alpha value is -2.86. The molecular weight excluding hydrogens is 424 g/mol. The SMILES string of the molecule is CCOc1ccc(CCC2CCN(C(=O)c3nc(C)n(-c4ccccc4Cl)n3)CC2)cc1. The quantitative estimate of drug-likeness (QED) is 0.499. The van der Waals surface area contributed by atoms with E-state index in [0.717, 1.165) is 50.2 Å². The molecule has 1 amide bonds. The molecule has 0 radical (unpaired) electrons. The van der Waals surface area contributed by atoms with E-state index in [1.807, 2.05) is 49.1 Å². The molecule has 3 aromatic rings. The number of hydrogen-bond donors (Lipinski definition) is 0. The first-order valence-corrected chi connectivity index (χ1v) is 11.6. The van der Waals surface area contributed by atoms with Gasteiger partial charge in [0.2, 0.25) is 5.82 Å². The summed E-state index contributed by atoms with van der Waals surface area (Å²) in [5.41, 5.74) is 2.06. The summed E-state index contributed by atoms with van der Waals surface area (Å²) in [6.07, 6.45) is 4.20. The molecule has 1 fully saturated rings. The van der Waals surface area contributed by atoms with Crippen molar-refractivity contribution in [2.75, 3.05) is 19.7 Å². The van der Waals surface area contributed by atoms with Crippen molar-refractivity contribution in [2.24, 2.45) is 5.92 Å². The maximum atomic E-state index is 13.0. The first-order chi connectivity index (χ1) is 15.5. The molecule has 0 aliphatic carbocycles. The first kappa shape index (κ1) is 22.3. The minimum atomic E-state index is -0.108. The minimum absolute atomic E-state index is 0.108. The van der Waals surface area contributed by atoms with Gasteiger partial charge in [0.05, 0.1) is 17.3 Å². The second-order valence-electron chi connectivity index (χ2n) is 8.20. The number of amides is 1. The van der Waals surface area contributed by atoms with Gasteiger partial charge < -0.3 is 9.64 Å². The highest BCUT2D eigenvalue weighted by Gasteiger charge is 2.26. The zero-order valence-electron chi connectivity index (χ0n) is 18.6. The maximum Gasteiger partial charge on any atom is 0.293 e. The van der Waals surface area contributed by atoms with Crippen molar-refractivity contribution in [3.8, 4) is 11.4 Å². The molecule has 0 saturated carbocycles. The fourth-order valence-electron chi connectivity index (χ4n) is 4.19. The average Bonchev–Trinajstić information content (AvgIpc) is 3.20. The summed E-state index contributed by atoms with van der Waals surface area (Å²) in [4.78, 5) is 19.3. The molecule has 7 heteroatoms. The number of carbonyl (C=O) groups excluding carboxylic acids is 1. The topological polar surface area (TPSA) is 60.2 Å². The summed E-state index contributed by atoms with van der Waals surface area (Å²) >= 11 is 6.29. The first-order valence-electron chi connectivity index (χ1n) is 11.2. The van der Waals surface area contributed by atoms with Gasteiger partial charge in [-0.1, -0.05) is 35.9 Å². The lowest BCUT2D eigenvalue weighted by Gasteiger charge is -2.31. The molecule has 1 aliphatic heterocycles. The molecule has 2 aromatic carbocycles. The Morgan fingerprint density at radius 2 is 1.84 bits per heavy atom.